The van der Waals surface area contributed by atoms with Crippen molar-refractivity contribution >= 4 is 17.8 Å². The van der Waals surface area contributed by atoms with Crippen LogP contribution in [0.2, 0.25) is 0 Å². The number of carbonyl (C=O) groups excluding carboxylic acids is 2. The number of amides is 2. The molecule has 1 unspecified atom stereocenters. The van der Waals surface area contributed by atoms with Gasteiger partial charge in [-0.15, -0.1) is 0 Å². The highest BCUT2D eigenvalue weighted by Crippen LogP contribution is 1.87. The lowest BCUT2D eigenvalue weighted by Crippen LogP contribution is -2.43. The van der Waals surface area contributed by atoms with Crippen LogP contribution < -0.4 is 16.4 Å². The van der Waals surface area contributed by atoms with Crippen LogP contribution in [0.1, 0.15) is 0 Å². The Bertz CT molecular complexity index is 268. The fraction of sp³-hybridized carbons (Fsp3) is 0.625. The smallest absolute Gasteiger partial charge is 0.334 e. The predicted molar refractivity (Wildman–Crippen MR) is 53.5 cm³/mol. The molecule has 0 aliphatic rings. The highest BCUT2D eigenvalue weighted by molar-refractivity contribution is 5.85. The largest absolute Gasteiger partial charge is 0.479 e. The summed E-state index contributed by atoms with van der Waals surface area (Å²) in [6.45, 7) is -0.613. The lowest BCUT2D eigenvalue weighted by molar-refractivity contribution is -0.148. The van der Waals surface area contributed by atoms with E-state index in [9.17, 15) is 14.4 Å². The van der Waals surface area contributed by atoms with E-state index < -0.39 is 23.9 Å². The molecule has 92 valence electrons. The van der Waals surface area contributed by atoms with Crippen molar-refractivity contribution in [1.82, 2.24) is 10.6 Å². The van der Waals surface area contributed by atoms with Gasteiger partial charge in [0.05, 0.1) is 19.6 Å². The normalized spacial score (nSPS) is 11.6. The maximum Gasteiger partial charge on any atom is 0.334 e. The average Bonchev–Trinajstić information content (AvgIpc) is 2.26. The molecule has 0 spiro atoms. The predicted octanol–water partition coefficient (Wildman–Crippen LogP) is -2.72. The number of carboxylic acid groups (broad SMARTS) is 1. The van der Waals surface area contributed by atoms with E-state index in [2.05, 4.69) is 15.4 Å². The van der Waals surface area contributed by atoms with E-state index in [1.54, 1.807) is 0 Å². The lowest BCUT2D eigenvalue weighted by Gasteiger charge is -2.11. The molecule has 2 amide bonds. The molecule has 0 radical (unpaired) electrons. The van der Waals surface area contributed by atoms with Crippen molar-refractivity contribution < 1.29 is 24.2 Å². The van der Waals surface area contributed by atoms with Crippen molar-refractivity contribution in [2.45, 2.75) is 6.10 Å². The summed E-state index contributed by atoms with van der Waals surface area (Å²) in [6, 6.07) is 0. The maximum absolute atomic E-state index is 11.1. The van der Waals surface area contributed by atoms with E-state index in [4.69, 9.17) is 10.8 Å². The van der Waals surface area contributed by atoms with Crippen LogP contribution >= 0.6 is 0 Å². The van der Waals surface area contributed by atoms with E-state index in [1.165, 1.54) is 7.11 Å². The van der Waals surface area contributed by atoms with Gasteiger partial charge in [-0.3, -0.25) is 9.59 Å². The fourth-order valence-corrected chi connectivity index (χ4v) is 0.792. The zero-order chi connectivity index (χ0) is 12.6. The third-order valence-electron chi connectivity index (χ3n) is 1.68. The molecule has 0 aliphatic heterocycles. The summed E-state index contributed by atoms with van der Waals surface area (Å²) in [5, 5.41) is 13.1. The van der Waals surface area contributed by atoms with E-state index in [-0.39, 0.29) is 19.6 Å². The number of hydrogen-bond acceptors (Lipinski definition) is 5. The van der Waals surface area contributed by atoms with Gasteiger partial charge in [-0.2, -0.15) is 0 Å². The Morgan fingerprint density at radius 2 is 1.94 bits per heavy atom. The van der Waals surface area contributed by atoms with Gasteiger partial charge in [-0.25, -0.2) is 4.79 Å². The van der Waals surface area contributed by atoms with E-state index in [0.29, 0.717) is 0 Å². The third-order valence-corrected chi connectivity index (χ3v) is 1.68. The first-order valence-electron chi connectivity index (χ1n) is 4.50. The highest BCUT2D eigenvalue weighted by atomic mass is 16.5. The monoisotopic (exact) mass is 233 g/mol. The van der Waals surface area contributed by atoms with Gasteiger partial charge in [0.15, 0.2) is 6.10 Å². The summed E-state index contributed by atoms with van der Waals surface area (Å²) in [5.41, 5.74) is 5.00. The molecule has 1 atom stereocenters. The van der Waals surface area contributed by atoms with Crippen LogP contribution in [0.25, 0.3) is 0 Å². The molecule has 0 aromatic rings. The second-order valence-electron chi connectivity index (χ2n) is 2.85. The first-order valence-corrected chi connectivity index (χ1v) is 4.50. The van der Waals surface area contributed by atoms with E-state index in [0.717, 1.165) is 0 Å². The Balaban J connectivity index is 3.80. The SMILES string of the molecule is COC(CNC(=O)CNC(=O)CN)C(=O)O. The molecule has 0 aromatic heterocycles. The van der Waals surface area contributed by atoms with Gasteiger partial charge in [0, 0.05) is 7.11 Å². The number of nitrogens with two attached hydrogens (primary N) is 1. The van der Waals surface area contributed by atoms with Gasteiger partial charge < -0.3 is 26.2 Å². The van der Waals surface area contributed by atoms with Crippen LogP contribution in [0, 0.1) is 0 Å². The van der Waals surface area contributed by atoms with Gasteiger partial charge in [0.2, 0.25) is 11.8 Å². The number of aliphatic carboxylic acids is 1. The number of rotatable bonds is 7. The van der Waals surface area contributed by atoms with Gasteiger partial charge in [-0.1, -0.05) is 0 Å². The third kappa shape index (κ3) is 5.94. The lowest BCUT2D eigenvalue weighted by atomic mass is 10.3. The van der Waals surface area contributed by atoms with Crippen LogP contribution in [0.3, 0.4) is 0 Å². The minimum absolute atomic E-state index is 0.164. The van der Waals surface area contributed by atoms with Crippen LogP contribution in [0.4, 0.5) is 0 Å². The summed E-state index contributed by atoms with van der Waals surface area (Å²) in [7, 11) is 1.22. The number of nitrogens with one attached hydrogen (secondary N) is 2. The second kappa shape index (κ2) is 7.60. The molecule has 0 saturated carbocycles. The number of carboxylic acids is 1. The molecule has 16 heavy (non-hydrogen) atoms. The fourth-order valence-electron chi connectivity index (χ4n) is 0.792. The zero-order valence-electron chi connectivity index (χ0n) is 8.86. The number of methoxy groups -OCH3 is 1. The Morgan fingerprint density at radius 3 is 2.38 bits per heavy atom. The number of carbonyl (C=O) groups is 3. The average molecular weight is 233 g/mol. The van der Waals surface area contributed by atoms with Crippen LogP contribution in [0.15, 0.2) is 0 Å². The van der Waals surface area contributed by atoms with Crippen molar-refractivity contribution in [1.29, 1.82) is 0 Å². The first-order chi connectivity index (χ1) is 7.51. The van der Waals surface area contributed by atoms with Gasteiger partial charge in [0.1, 0.15) is 0 Å². The standard InChI is InChI=1S/C8H15N3O5/c1-16-5(8(14)15)3-10-7(13)4-11-6(12)2-9/h5H,2-4,9H2,1H3,(H,10,13)(H,11,12)(H,14,15). The molecule has 0 saturated heterocycles. The summed E-state index contributed by atoms with van der Waals surface area (Å²) >= 11 is 0. The number of hydrogen-bond donors (Lipinski definition) is 4. The zero-order valence-corrected chi connectivity index (χ0v) is 8.86. The van der Waals surface area contributed by atoms with Gasteiger partial charge in [0.25, 0.3) is 0 Å². The molecule has 0 fully saturated rings. The summed E-state index contributed by atoms with van der Waals surface area (Å²) < 4.78 is 4.59. The molecule has 0 aromatic carbocycles. The summed E-state index contributed by atoms with van der Waals surface area (Å²) in [6.07, 6.45) is -1.10. The molecule has 8 nitrogen and oxygen atoms in total. The van der Waals surface area contributed by atoms with Crippen LogP contribution in [-0.4, -0.2) is 55.7 Å². The molecular formula is C8H15N3O5. The van der Waals surface area contributed by atoms with Crippen molar-refractivity contribution in [3.05, 3.63) is 0 Å². The Hall–Kier alpha value is -1.67. The van der Waals surface area contributed by atoms with Crippen molar-refractivity contribution in [3.8, 4) is 0 Å². The summed E-state index contributed by atoms with van der Waals surface area (Å²) in [5.74, 6) is -2.14. The first kappa shape index (κ1) is 14.3. The molecule has 8 heteroatoms. The molecule has 0 aliphatic carbocycles. The minimum atomic E-state index is -1.17. The Kier molecular flexibility index (Phi) is 6.81. The van der Waals surface area contributed by atoms with Crippen molar-refractivity contribution in [3.63, 3.8) is 0 Å². The molecular weight excluding hydrogens is 218 g/mol. The van der Waals surface area contributed by atoms with Crippen molar-refractivity contribution in [2.75, 3.05) is 26.7 Å². The van der Waals surface area contributed by atoms with Crippen LogP contribution in [0.5, 0.6) is 0 Å². The van der Waals surface area contributed by atoms with Crippen LogP contribution in [-0.2, 0) is 19.1 Å². The maximum atomic E-state index is 11.1. The van der Waals surface area contributed by atoms with Gasteiger partial charge in [-0.05, 0) is 0 Å². The molecule has 0 heterocycles. The molecule has 0 rings (SSSR count). The quantitative estimate of drug-likeness (QED) is 0.378. The van der Waals surface area contributed by atoms with E-state index in [1.807, 2.05) is 0 Å². The van der Waals surface area contributed by atoms with E-state index >= 15 is 0 Å². The van der Waals surface area contributed by atoms with Gasteiger partial charge >= 0.3 is 5.97 Å². The highest BCUT2D eigenvalue weighted by Gasteiger charge is 2.16. The topological polar surface area (TPSA) is 131 Å². The minimum Gasteiger partial charge on any atom is -0.479 e. The second-order valence-corrected chi connectivity index (χ2v) is 2.85. The Labute approximate surface area is 92.1 Å². The molecule has 0 bridgehead atoms. The molecule has 5 N–H and O–H groups in total. The van der Waals surface area contributed by atoms with Crippen molar-refractivity contribution in [2.24, 2.45) is 5.73 Å². The summed E-state index contributed by atoms with van der Waals surface area (Å²) in [4.78, 5) is 32.3. The Morgan fingerprint density at radius 1 is 1.31 bits per heavy atom. The number of ether oxygens (including phenoxy) is 1.